The molecular weight excluding hydrogens is 274 g/mol. The molecule has 2 rings (SSSR count). The van der Waals surface area contributed by atoms with Crippen LogP contribution in [0.25, 0.3) is 0 Å². The average Bonchev–Trinajstić information content (AvgIpc) is 2.51. The van der Waals surface area contributed by atoms with E-state index in [0.717, 1.165) is 25.7 Å². The number of rotatable bonds is 2. The second-order valence-electron chi connectivity index (χ2n) is 4.77. The summed E-state index contributed by atoms with van der Waals surface area (Å²) in [6, 6.07) is -0.226. The molecule has 1 atom stereocenters. The molecular formula is C11H18ClN3O2S. The van der Waals surface area contributed by atoms with Crippen molar-refractivity contribution in [2.75, 3.05) is 12.8 Å². The van der Waals surface area contributed by atoms with Crippen LogP contribution in [0.3, 0.4) is 0 Å². The number of hydrogen-bond acceptors (Lipinski definition) is 3. The first-order valence-corrected chi connectivity index (χ1v) is 8.28. The van der Waals surface area contributed by atoms with Crippen molar-refractivity contribution in [3.8, 4) is 0 Å². The van der Waals surface area contributed by atoms with Crippen molar-refractivity contribution in [2.24, 2.45) is 7.05 Å². The van der Waals surface area contributed by atoms with Crippen molar-refractivity contribution < 1.29 is 8.42 Å². The SMILES string of the molecule is Cn1cc(Cl)c([C@@H]2CCCCCN2S(C)(=O)=O)n1. The van der Waals surface area contributed by atoms with Crippen molar-refractivity contribution in [3.05, 3.63) is 16.9 Å². The van der Waals surface area contributed by atoms with Crippen LogP contribution in [0, 0.1) is 0 Å². The molecule has 1 aromatic heterocycles. The fourth-order valence-electron chi connectivity index (χ4n) is 2.45. The molecule has 0 spiro atoms. The van der Waals surface area contributed by atoms with Crippen LogP contribution in [-0.4, -0.2) is 35.3 Å². The standard InChI is InChI=1S/C11H18ClN3O2S/c1-14-8-9(12)11(13-14)10-6-4-3-5-7-15(10)18(2,16)17/h8,10H,3-7H2,1-2H3/t10-/m0/s1. The molecule has 7 heteroatoms. The van der Waals surface area contributed by atoms with Crippen molar-refractivity contribution in [1.82, 2.24) is 14.1 Å². The third-order valence-corrected chi connectivity index (χ3v) is 4.84. The van der Waals surface area contributed by atoms with E-state index in [1.165, 1.54) is 10.6 Å². The lowest BCUT2D eigenvalue weighted by Crippen LogP contribution is -2.34. The number of aromatic nitrogens is 2. The first-order valence-electron chi connectivity index (χ1n) is 6.05. The summed E-state index contributed by atoms with van der Waals surface area (Å²) in [7, 11) is -1.44. The van der Waals surface area contributed by atoms with Crippen LogP contribution >= 0.6 is 11.6 Å². The summed E-state index contributed by atoms with van der Waals surface area (Å²) in [6.45, 7) is 0.552. The Morgan fingerprint density at radius 2 is 2.11 bits per heavy atom. The summed E-state index contributed by atoms with van der Waals surface area (Å²) in [6.07, 6.45) is 6.69. The van der Waals surface area contributed by atoms with Gasteiger partial charge in [-0.2, -0.15) is 9.40 Å². The van der Waals surface area contributed by atoms with Gasteiger partial charge in [-0.3, -0.25) is 4.68 Å². The molecule has 1 saturated heterocycles. The molecule has 0 unspecified atom stereocenters. The van der Waals surface area contributed by atoms with E-state index in [1.807, 2.05) is 0 Å². The van der Waals surface area contributed by atoms with Gasteiger partial charge in [0, 0.05) is 19.8 Å². The smallest absolute Gasteiger partial charge is 0.211 e. The number of halogens is 1. The zero-order chi connectivity index (χ0) is 13.3. The monoisotopic (exact) mass is 291 g/mol. The average molecular weight is 292 g/mol. The van der Waals surface area contributed by atoms with Gasteiger partial charge >= 0.3 is 0 Å². The Hall–Kier alpha value is -0.590. The largest absolute Gasteiger partial charge is 0.274 e. The van der Waals surface area contributed by atoms with Crippen molar-refractivity contribution >= 4 is 21.6 Å². The quantitative estimate of drug-likeness (QED) is 0.837. The van der Waals surface area contributed by atoms with Gasteiger partial charge in [0.1, 0.15) is 0 Å². The highest BCUT2D eigenvalue weighted by Crippen LogP contribution is 2.34. The lowest BCUT2D eigenvalue weighted by atomic mass is 10.1. The molecule has 0 saturated carbocycles. The van der Waals surface area contributed by atoms with Crippen LogP contribution in [0.2, 0.25) is 5.02 Å². The van der Waals surface area contributed by atoms with E-state index < -0.39 is 10.0 Å². The zero-order valence-electron chi connectivity index (χ0n) is 10.6. The van der Waals surface area contributed by atoms with Gasteiger partial charge in [-0.05, 0) is 12.8 Å². The van der Waals surface area contributed by atoms with Crippen molar-refractivity contribution in [3.63, 3.8) is 0 Å². The summed E-state index contributed by atoms with van der Waals surface area (Å²) in [5.74, 6) is 0. The van der Waals surface area contributed by atoms with E-state index in [1.54, 1.807) is 17.9 Å². The lowest BCUT2D eigenvalue weighted by Gasteiger charge is -2.26. The second kappa shape index (κ2) is 5.19. The van der Waals surface area contributed by atoms with Gasteiger partial charge in [0.15, 0.2) is 0 Å². The highest BCUT2D eigenvalue weighted by Gasteiger charge is 2.32. The minimum absolute atomic E-state index is 0.226. The van der Waals surface area contributed by atoms with Gasteiger partial charge in [-0.1, -0.05) is 24.4 Å². The van der Waals surface area contributed by atoms with E-state index in [0.29, 0.717) is 17.3 Å². The van der Waals surface area contributed by atoms with Crippen LogP contribution in [-0.2, 0) is 17.1 Å². The molecule has 5 nitrogen and oxygen atoms in total. The molecule has 1 aromatic rings. The number of sulfonamides is 1. The summed E-state index contributed by atoms with van der Waals surface area (Å²) >= 11 is 6.14. The molecule has 0 N–H and O–H groups in total. The third kappa shape index (κ3) is 2.87. The van der Waals surface area contributed by atoms with Crippen molar-refractivity contribution in [2.45, 2.75) is 31.7 Å². The molecule has 0 radical (unpaired) electrons. The Bertz CT molecular complexity index is 526. The van der Waals surface area contributed by atoms with Crippen molar-refractivity contribution in [1.29, 1.82) is 0 Å². The van der Waals surface area contributed by atoms with Gasteiger partial charge in [-0.25, -0.2) is 8.42 Å². The third-order valence-electron chi connectivity index (χ3n) is 3.26. The zero-order valence-corrected chi connectivity index (χ0v) is 12.2. The number of nitrogens with zero attached hydrogens (tertiary/aromatic N) is 3. The molecule has 0 bridgehead atoms. The molecule has 1 aliphatic rings. The van der Waals surface area contributed by atoms with Crippen LogP contribution < -0.4 is 0 Å². The minimum atomic E-state index is -3.23. The maximum atomic E-state index is 11.9. The van der Waals surface area contributed by atoms with Crippen LogP contribution in [0.4, 0.5) is 0 Å². The summed E-state index contributed by atoms with van der Waals surface area (Å²) < 4.78 is 26.9. The van der Waals surface area contributed by atoms with Gasteiger partial charge in [0.2, 0.25) is 10.0 Å². The van der Waals surface area contributed by atoms with E-state index in [2.05, 4.69) is 5.10 Å². The van der Waals surface area contributed by atoms with Crippen LogP contribution in [0.5, 0.6) is 0 Å². The molecule has 0 amide bonds. The Morgan fingerprint density at radius 1 is 1.39 bits per heavy atom. The predicted octanol–water partition coefficient (Wildman–Crippen LogP) is 1.95. The molecule has 0 aliphatic carbocycles. The van der Waals surface area contributed by atoms with Gasteiger partial charge in [0.05, 0.1) is 23.0 Å². The summed E-state index contributed by atoms with van der Waals surface area (Å²) in [5, 5.41) is 4.86. The topological polar surface area (TPSA) is 55.2 Å². The Labute approximate surface area is 113 Å². The normalized spacial score (nSPS) is 22.9. The lowest BCUT2D eigenvalue weighted by molar-refractivity contribution is 0.324. The molecule has 18 heavy (non-hydrogen) atoms. The van der Waals surface area contributed by atoms with E-state index in [9.17, 15) is 8.42 Å². The highest BCUT2D eigenvalue weighted by atomic mass is 35.5. The highest BCUT2D eigenvalue weighted by molar-refractivity contribution is 7.88. The van der Waals surface area contributed by atoms with Gasteiger partial charge in [-0.15, -0.1) is 0 Å². The Morgan fingerprint density at radius 3 is 2.67 bits per heavy atom. The van der Waals surface area contributed by atoms with Gasteiger partial charge in [0.25, 0.3) is 0 Å². The molecule has 2 heterocycles. The van der Waals surface area contributed by atoms with E-state index >= 15 is 0 Å². The Balaban J connectivity index is 2.40. The molecule has 0 aromatic carbocycles. The molecule has 1 fully saturated rings. The second-order valence-corrected chi connectivity index (χ2v) is 7.12. The number of hydrogen-bond donors (Lipinski definition) is 0. The first-order chi connectivity index (χ1) is 8.39. The summed E-state index contributed by atoms with van der Waals surface area (Å²) in [5.41, 5.74) is 0.673. The maximum absolute atomic E-state index is 11.9. The fourth-order valence-corrected chi connectivity index (χ4v) is 3.89. The maximum Gasteiger partial charge on any atom is 0.211 e. The minimum Gasteiger partial charge on any atom is -0.274 e. The predicted molar refractivity (Wildman–Crippen MR) is 71.0 cm³/mol. The first kappa shape index (κ1) is 13.8. The van der Waals surface area contributed by atoms with Gasteiger partial charge < -0.3 is 0 Å². The number of aryl methyl sites for hydroxylation is 1. The molecule has 1 aliphatic heterocycles. The fraction of sp³-hybridized carbons (Fsp3) is 0.727. The Kier molecular flexibility index (Phi) is 3.99. The van der Waals surface area contributed by atoms with E-state index in [-0.39, 0.29) is 6.04 Å². The summed E-state index contributed by atoms with van der Waals surface area (Å²) in [4.78, 5) is 0. The molecule has 102 valence electrons. The van der Waals surface area contributed by atoms with E-state index in [4.69, 9.17) is 11.6 Å². The van der Waals surface area contributed by atoms with Crippen LogP contribution in [0.15, 0.2) is 6.20 Å². The van der Waals surface area contributed by atoms with Crippen LogP contribution in [0.1, 0.15) is 37.4 Å².